The Kier molecular flexibility index (Phi) is 3.52. The van der Waals surface area contributed by atoms with E-state index >= 15 is 0 Å². The number of aromatic nitrogens is 3. The molecule has 0 aliphatic heterocycles. The normalized spacial score (nSPS) is 10.1. The molecule has 0 bridgehead atoms. The summed E-state index contributed by atoms with van der Waals surface area (Å²) in [4.78, 5) is 26.7. The third kappa shape index (κ3) is 2.80. The number of amides is 1. The Morgan fingerprint density at radius 2 is 2.22 bits per heavy atom. The predicted molar refractivity (Wildman–Crippen MR) is 69.5 cm³/mol. The van der Waals surface area contributed by atoms with Crippen molar-refractivity contribution in [2.75, 3.05) is 5.32 Å². The first kappa shape index (κ1) is 12.4. The van der Waals surface area contributed by atoms with Crippen LogP contribution in [0.5, 0.6) is 0 Å². The van der Waals surface area contributed by atoms with Crippen LogP contribution >= 0.6 is 15.9 Å². The van der Waals surface area contributed by atoms with Gasteiger partial charge in [0.25, 0.3) is 11.5 Å². The van der Waals surface area contributed by atoms with Crippen LogP contribution in [0, 0.1) is 6.92 Å². The van der Waals surface area contributed by atoms with Gasteiger partial charge in [-0.3, -0.25) is 9.59 Å². The third-order valence-electron chi connectivity index (χ3n) is 2.19. The molecular formula is C11H9BrN4O2. The molecule has 0 fully saturated rings. The molecule has 92 valence electrons. The van der Waals surface area contributed by atoms with Gasteiger partial charge in [0, 0.05) is 16.7 Å². The Morgan fingerprint density at radius 3 is 2.83 bits per heavy atom. The zero-order chi connectivity index (χ0) is 13.1. The van der Waals surface area contributed by atoms with E-state index in [0.717, 1.165) is 10.0 Å². The van der Waals surface area contributed by atoms with E-state index in [4.69, 9.17) is 0 Å². The maximum absolute atomic E-state index is 11.8. The van der Waals surface area contributed by atoms with Gasteiger partial charge < -0.3 is 5.32 Å². The quantitative estimate of drug-likeness (QED) is 0.880. The molecule has 2 aromatic rings. The lowest BCUT2D eigenvalue weighted by Gasteiger charge is -2.06. The van der Waals surface area contributed by atoms with Crippen molar-refractivity contribution in [3.05, 3.63) is 50.5 Å². The number of pyridine rings is 1. The lowest BCUT2D eigenvalue weighted by molar-refractivity contribution is 0.102. The summed E-state index contributed by atoms with van der Waals surface area (Å²) in [6, 6.07) is 4.43. The van der Waals surface area contributed by atoms with Gasteiger partial charge in [-0.15, -0.1) is 0 Å². The number of aromatic amines is 1. The van der Waals surface area contributed by atoms with E-state index in [1.807, 2.05) is 13.0 Å². The van der Waals surface area contributed by atoms with Crippen molar-refractivity contribution in [2.24, 2.45) is 0 Å². The lowest BCUT2D eigenvalue weighted by Crippen LogP contribution is -2.18. The lowest BCUT2D eigenvalue weighted by atomic mass is 10.3. The highest BCUT2D eigenvalue weighted by molar-refractivity contribution is 9.10. The number of H-pyrrole nitrogens is 1. The molecule has 0 saturated heterocycles. The van der Waals surface area contributed by atoms with Crippen LogP contribution in [-0.2, 0) is 0 Å². The Morgan fingerprint density at radius 1 is 1.44 bits per heavy atom. The second-order valence-corrected chi connectivity index (χ2v) is 4.50. The molecule has 0 aromatic carbocycles. The van der Waals surface area contributed by atoms with Crippen LogP contribution in [0.25, 0.3) is 0 Å². The average Bonchev–Trinajstić information content (AvgIpc) is 2.33. The largest absolute Gasteiger partial charge is 0.305 e. The van der Waals surface area contributed by atoms with Gasteiger partial charge in [0.05, 0.1) is 0 Å². The number of anilines is 1. The summed E-state index contributed by atoms with van der Waals surface area (Å²) in [6.45, 7) is 1.83. The molecule has 0 radical (unpaired) electrons. The molecule has 18 heavy (non-hydrogen) atoms. The minimum atomic E-state index is -0.427. The Hall–Kier alpha value is -2.02. The Bertz CT molecular complexity index is 633. The van der Waals surface area contributed by atoms with Crippen molar-refractivity contribution in [3.63, 3.8) is 0 Å². The first-order chi connectivity index (χ1) is 8.56. The van der Waals surface area contributed by atoms with Crippen LogP contribution in [0.2, 0.25) is 0 Å². The molecule has 2 heterocycles. The minimum absolute atomic E-state index is 0.124. The molecular weight excluding hydrogens is 300 g/mol. The molecule has 0 aliphatic carbocycles. The highest BCUT2D eigenvalue weighted by atomic mass is 79.9. The van der Waals surface area contributed by atoms with Gasteiger partial charge in [-0.2, -0.15) is 5.10 Å². The molecule has 6 nitrogen and oxygen atoms in total. The average molecular weight is 309 g/mol. The van der Waals surface area contributed by atoms with E-state index in [-0.39, 0.29) is 11.3 Å². The van der Waals surface area contributed by atoms with Crippen molar-refractivity contribution < 1.29 is 4.79 Å². The van der Waals surface area contributed by atoms with Crippen LogP contribution < -0.4 is 10.9 Å². The van der Waals surface area contributed by atoms with E-state index in [1.54, 1.807) is 6.20 Å². The highest BCUT2D eigenvalue weighted by Gasteiger charge is 2.10. The van der Waals surface area contributed by atoms with Gasteiger partial charge in [-0.1, -0.05) is 0 Å². The molecule has 1 amide bonds. The number of halogens is 1. The van der Waals surface area contributed by atoms with Crippen LogP contribution in [0.1, 0.15) is 16.1 Å². The van der Waals surface area contributed by atoms with Gasteiger partial charge in [0.1, 0.15) is 11.5 Å². The number of carbonyl (C=O) groups excluding carboxylic acids is 1. The topological polar surface area (TPSA) is 87.7 Å². The van der Waals surface area contributed by atoms with Crippen molar-refractivity contribution in [1.82, 2.24) is 15.2 Å². The van der Waals surface area contributed by atoms with Crippen molar-refractivity contribution in [3.8, 4) is 0 Å². The van der Waals surface area contributed by atoms with E-state index in [2.05, 4.69) is 36.4 Å². The maximum atomic E-state index is 11.8. The highest BCUT2D eigenvalue weighted by Crippen LogP contribution is 2.17. The number of nitrogens with zero attached hydrogens (tertiary/aromatic N) is 2. The summed E-state index contributed by atoms with van der Waals surface area (Å²) >= 11 is 3.29. The summed E-state index contributed by atoms with van der Waals surface area (Å²) < 4.78 is 0.833. The second-order valence-electron chi connectivity index (χ2n) is 3.58. The third-order valence-corrected chi connectivity index (χ3v) is 2.62. The fourth-order valence-electron chi connectivity index (χ4n) is 1.31. The van der Waals surface area contributed by atoms with Gasteiger partial charge in [-0.25, -0.2) is 10.1 Å². The van der Waals surface area contributed by atoms with Crippen molar-refractivity contribution in [1.29, 1.82) is 0 Å². The summed E-state index contributed by atoms with van der Waals surface area (Å²) in [5.41, 5.74) is 0.588. The van der Waals surface area contributed by atoms with Gasteiger partial charge in [0.2, 0.25) is 0 Å². The summed E-state index contributed by atoms with van der Waals surface area (Å²) in [6.07, 6.45) is 1.59. The van der Waals surface area contributed by atoms with E-state index in [0.29, 0.717) is 5.82 Å². The molecule has 2 N–H and O–H groups in total. The van der Waals surface area contributed by atoms with Gasteiger partial charge in [0.15, 0.2) is 0 Å². The summed E-state index contributed by atoms with van der Waals surface area (Å²) in [5.74, 6) is 0.0281. The zero-order valence-corrected chi connectivity index (χ0v) is 11.0. The fraction of sp³-hybridized carbons (Fsp3) is 0.0909. The van der Waals surface area contributed by atoms with Crippen molar-refractivity contribution >= 4 is 27.7 Å². The number of rotatable bonds is 2. The predicted octanol–water partition coefficient (Wildman–Crippen LogP) is 1.49. The van der Waals surface area contributed by atoms with Gasteiger partial charge >= 0.3 is 0 Å². The molecule has 0 aliphatic rings. The summed E-state index contributed by atoms with van der Waals surface area (Å²) in [5, 5.41) is 8.45. The zero-order valence-electron chi connectivity index (χ0n) is 9.40. The Labute approximate surface area is 111 Å². The maximum Gasteiger partial charge on any atom is 0.277 e. The van der Waals surface area contributed by atoms with E-state index < -0.39 is 5.91 Å². The fourth-order valence-corrected chi connectivity index (χ4v) is 1.76. The second kappa shape index (κ2) is 5.09. The number of hydrogen-bond acceptors (Lipinski definition) is 4. The van der Waals surface area contributed by atoms with E-state index in [9.17, 15) is 9.59 Å². The standard InChI is InChI=1S/C11H9BrN4O2/c1-6-4-7(12)5-13-10(6)14-11(18)8-2-3-9(17)16-15-8/h2-5H,1H3,(H,16,17)(H,13,14,18). The van der Waals surface area contributed by atoms with E-state index in [1.165, 1.54) is 12.1 Å². The number of hydrogen-bond donors (Lipinski definition) is 2. The minimum Gasteiger partial charge on any atom is -0.305 e. The molecule has 2 aromatic heterocycles. The summed E-state index contributed by atoms with van der Waals surface area (Å²) in [7, 11) is 0. The van der Waals surface area contributed by atoms with Crippen LogP contribution in [-0.4, -0.2) is 21.1 Å². The molecule has 0 unspecified atom stereocenters. The number of carbonyl (C=O) groups is 1. The first-order valence-corrected chi connectivity index (χ1v) is 5.85. The molecule has 0 saturated carbocycles. The smallest absolute Gasteiger partial charge is 0.277 e. The van der Waals surface area contributed by atoms with Crippen LogP contribution in [0.4, 0.5) is 5.82 Å². The monoisotopic (exact) mass is 308 g/mol. The number of nitrogens with one attached hydrogen (secondary N) is 2. The SMILES string of the molecule is Cc1cc(Br)cnc1NC(=O)c1ccc(=O)[nH]n1. The number of aryl methyl sites for hydroxylation is 1. The molecule has 0 spiro atoms. The molecule has 2 rings (SSSR count). The van der Waals surface area contributed by atoms with Crippen molar-refractivity contribution in [2.45, 2.75) is 6.92 Å². The molecule has 7 heteroatoms. The van der Waals surface area contributed by atoms with Crippen LogP contribution in [0.15, 0.2) is 33.7 Å². The van der Waals surface area contributed by atoms with Gasteiger partial charge in [-0.05, 0) is 40.5 Å². The molecule has 0 atom stereocenters. The Balaban J connectivity index is 2.21. The van der Waals surface area contributed by atoms with Crippen LogP contribution in [0.3, 0.4) is 0 Å². The first-order valence-electron chi connectivity index (χ1n) is 5.05.